The first-order chi connectivity index (χ1) is 19.2. The molecular weight excluding hydrogens is 630 g/mol. The highest BCUT2D eigenvalue weighted by atomic mass is 35.5. The number of halogens is 5. The molecule has 0 bridgehead atoms. The zero-order valence-corrected chi connectivity index (χ0v) is 24.7. The van der Waals surface area contributed by atoms with Crippen LogP contribution in [-0.4, -0.2) is 16.3 Å². The standard InChI is InChI=1S/C15H11Cl3O2.C15H12Cl2O3.CH4/c2*16-12-6-11(7-13(17)14(12)15(18)19)9-20-8-10-4-2-1-3-5-10;/h1-7H,8-9H2;1-7H,8-9H2,(H,18,19);1H4. The number of carbonyl (C=O) groups is 2. The predicted octanol–water partition coefficient (Wildman–Crippen LogP) is 10.1. The summed E-state index contributed by atoms with van der Waals surface area (Å²) in [4.78, 5) is 22.1. The SMILES string of the molecule is C.O=C(Cl)c1c(Cl)cc(COCc2ccccc2)cc1Cl.O=C(O)c1c(Cl)cc(COCc2ccccc2)cc1Cl. The van der Waals surface area contributed by atoms with Crippen LogP contribution < -0.4 is 0 Å². The minimum absolute atomic E-state index is 0. The summed E-state index contributed by atoms with van der Waals surface area (Å²) in [5.41, 5.74) is 3.71. The number of ether oxygens (including phenoxy) is 2. The Bertz CT molecular complexity index is 1290. The monoisotopic (exact) mass is 654 g/mol. The van der Waals surface area contributed by atoms with E-state index in [9.17, 15) is 9.59 Å². The molecule has 0 aliphatic carbocycles. The Hall–Kier alpha value is -2.61. The second-order valence-corrected chi connectivity index (χ2v) is 10.4. The van der Waals surface area contributed by atoms with Crippen LogP contribution in [0.1, 0.15) is 50.4 Å². The Morgan fingerprint density at radius 3 is 1.20 bits per heavy atom. The van der Waals surface area contributed by atoms with Crippen molar-refractivity contribution in [3.8, 4) is 0 Å². The molecule has 0 aromatic heterocycles. The van der Waals surface area contributed by atoms with E-state index in [1.165, 1.54) is 0 Å². The van der Waals surface area contributed by atoms with Crippen molar-refractivity contribution in [2.24, 2.45) is 0 Å². The number of carboxylic acid groups (broad SMARTS) is 1. The highest BCUT2D eigenvalue weighted by Gasteiger charge is 2.15. The van der Waals surface area contributed by atoms with Crippen LogP contribution in [0.25, 0.3) is 0 Å². The van der Waals surface area contributed by atoms with Crippen molar-refractivity contribution in [2.75, 3.05) is 0 Å². The molecule has 5 nitrogen and oxygen atoms in total. The van der Waals surface area contributed by atoms with Crippen molar-refractivity contribution in [1.29, 1.82) is 0 Å². The van der Waals surface area contributed by atoms with E-state index in [-0.39, 0.29) is 38.6 Å². The Kier molecular flexibility index (Phi) is 14.7. The topological polar surface area (TPSA) is 72.8 Å². The summed E-state index contributed by atoms with van der Waals surface area (Å²) in [6.45, 7) is 1.63. The third kappa shape index (κ3) is 11.0. The molecule has 1 N–H and O–H groups in total. The van der Waals surface area contributed by atoms with E-state index in [0.29, 0.717) is 26.4 Å². The Labute approximate surface area is 264 Å². The fourth-order valence-electron chi connectivity index (χ4n) is 3.53. The summed E-state index contributed by atoms with van der Waals surface area (Å²) in [6.07, 6.45) is 0. The van der Waals surface area contributed by atoms with E-state index in [4.69, 9.17) is 72.6 Å². The zero-order valence-electron chi connectivity index (χ0n) is 20.9. The molecule has 0 amide bonds. The summed E-state index contributed by atoms with van der Waals surface area (Å²) >= 11 is 29.2. The Balaban J connectivity index is 0.000000280. The molecule has 0 atom stereocenters. The largest absolute Gasteiger partial charge is 0.478 e. The first-order valence-corrected chi connectivity index (χ1v) is 13.7. The van der Waals surface area contributed by atoms with Gasteiger partial charge in [0.1, 0.15) is 0 Å². The van der Waals surface area contributed by atoms with Crippen molar-refractivity contribution >= 4 is 69.2 Å². The number of carboxylic acids is 1. The van der Waals surface area contributed by atoms with Crippen LogP contribution in [-0.2, 0) is 35.9 Å². The van der Waals surface area contributed by atoms with Crippen LogP contribution in [0.2, 0.25) is 20.1 Å². The highest BCUT2D eigenvalue weighted by molar-refractivity contribution is 6.70. The molecular formula is C31H27Cl5O5. The van der Waals surface area contributed by atoms with Crippen LogP contribution in [0.3, 0.4) is 0 Å². The molecule has 0 fully saturated rings. The molecule has 0 spiro atoms. The lowest BCUT2D eigenvalue weighted by Crippen LogP contribution is -2.01. The first kappa shape index (κ1) is 34.6. The van der Waals surface area contributed by atoms with Gasteiger partial charge >= 0.3 is 5.97 Å². The van der Waals surface area contributed by atoms with Crippen LogP contribution in [0.4, 0.5) is 0 Å². The van der Waals surface area contributed by atoms with Gasteiger partial charge in [0.15, 0.2) is 0 Å². The molecule has 0 saturated heterocycles. The molecule has 41 heavy (non-hydrogen) atoms. The zero-order chi connectivity index (χ0) is 29.1. The third-order valence-corrected chi connectivity index (χ3v) is 6.76. The molecule has 10 heteroatoms. The van der Waals surface area contributed by atoms with Gasteiger partial charge in [-0.3, -0.25) is 4.79 Å². The Morgan fingerprint density at radius 2 is 0.878 bits per heavy atom. The molecule has 4 rings (SSSR count). The minimum atomic E-state index is -1.14. The molecule has 0 unspecified atom stereocenters. The van der Waals surface area contributed by atoms with E-state index in [1.54, 1.807) is 24.3 Å². The van der Waals surface area contributed by atoms with Gasteiger partial charge in [-0.05, 0) is 58.1 Å². The number of hydrogen-bond donors (Lipinski definition) is 1. The lowest BCUT2D eigenvalue weighted by Gasteiger charge is -2.08. The van der Waals surface area contributed by atoms with E-state index in [1.807, 2.05) is 60.7 Å². The smallest absolute Gasteiger partial charge is 0.338 e. The van der Waals surface area contributed by atoms with Gasteiger partial charge in [-0.2, -0.15) is 0 Å². The fourth-order valence-corrected chi connectivity index (χ4v) is 5.23. The minimum Gasteiger partial charge on any atom is -0.478 e. The van der Waals surface area contributed by atoms with E-state index >= 15 is 0 Å². The van der Waals surface area contributed by atoms with Crippen molar-refractivity contribution in [2.45, 2.75) is 33.9 Å². The second-order valence-electron chi connectivity index (χ2n) is 8.40. The summed E-state index contributed by atoms with van der Waals surface area (Å²) < 4.78 is 11.1. The number of aromatic carboxylic acids is 1. The van der Waals surface area contributed by atoms with Gasteiger partial charge < -0.3 is 14.6 Å². The quantitative estimate of drug-likeness (QED) is 0.172. The van der Waals surface area contributed by atoms with Crippen LogP contribution in [0.5, 0.6) is 0 Å². The van der Waals surface area contributed by atoms with E-state index < -0.39 is 11.2 Å². The summed E-state index contributed by atoms with van der Waals surface area (Å²) in [7, 11) is 0. The van der Waals surface area contributed by atoms with E-state index in [0.717, 1.165) is 22.3 Å². The number of rotatable bonds is 10. The molecule has 216 valence electrons. The van der Waals surface area contributed by atoms with Gasteiger partial charge in [-0.15, -0.1) is 0 Å². The summed E-state index contributed by atoms with van der Waals surface area (Å²) in [6, 6.07) is 25.9. The fraction of sp³-hybridized carbons (Fsp3) is 0.161. The van der Waals surface area contributed by atoms with Gasteiger partial charge in [-0.1, -0.05) is 114 Å². The predicted molar refractivity (Wildman–Crippen MR) is 167 cm³/mol. The van der Waals surface area contributed by atoms with Gasteiger partial charge in [0.25, 0.3) is 5.24 Å². The van der Waals surface area contributed by atoms with Crippen molar-refractivity contribution in [1.82, 2.24) is 0 Å². The van der Waals surface area contributed by atoms with Crippen molar-refractivity contribution in [3.63, 3.8) is 0 Å². The molecule has 0 saturated carbocycles. The summed E-state index contributed by atoms with van der Waals surface area (Å²) in [5.74, 6) is -1.14. The maximum Gasteiger partial charge on any atom is 0.338 e. The first-order valence-electron chi connectivity index (χ1n) is 11.8. The van der Waals surface area contributed by atoms with Crippen molar-refractivity contribution < 1.29 is 24.2 Å². The lowest BCUT2D eigenvalue weighted by atomic mass is 10.1. The van der Waals surface area contributed by atoms with Gasteiger partial charge in [0.05, 0.1) is 57.6 Å². The lowest BCUT2D eigenvalue weighted by molar-refractivity contribution is 0.0696. The molecule has 0 heterocycles. The maximum atomic E-state index is 11.2. The molecule has 0 aliphatic rings. The van der Waals surface area contributed by atoms with Gasteiger partial charge in [0, 0.05) is 0 Å². The number of hydrogen-bond acceptors (Lipinski definition) is 4. The Morgan fingerprint density at radius 1 is 0.561 bits per heavy atom. The van der Waals surface area contributed by atoms with Gasteiger partial charge in [0.2, 0.25) is 0 Å². The number of benzene rings is 4. The van der Waals surface area contributed by atoms with Crippen LogP contribution in [0.15, 0.2) is 84.9 Å². The van der Waals surface area contributed by atoms with Crippen molar-refractivity contribution in [3.05, 3.63) is 138 Å². The second kappa shape index (κ2) is 17.4. The molecule has 0 radical (unpaired) electrons. The molecule has 4 aromatic rings. The average Bonchev–Trinajstić information content (AvgIpc) is 2.89. The van der Waals surface area contributed by atoms with Crippen LogP contribution in [0, 0.1) is 0 Å². The summed E-state index contributed by atoms with van der Waals surface area (Å²) in [5, 5.41) is 8.99. The van der Waals surface area contributed by atoms with E-state index in [2.05, 4.69) is 0 Å². The van der Waals surface area contributed by atoms with Crippen LogP contribution >= 0.6 is 58.0 Å². The third-order valence-electron chi connectivity index (χ3n) is 5.37. The average molecular weight is 657 g/mol. The number of carbonyl (C=O) groups excluding carboxylic acids is 1. The highest BCUT2D eigenvalue weighted by Crippen LogP contribution is 2.29. The molecule has 0 aliphatic heterocycles. The maximum absolute atomic E-state index is 11.2. The molecule has 4 aromatic carbocycles. The normalized spacial score (nSPS) is 10.3. The van der Waals surface area contributed by atoms with Gasteiger partial charge in [-0.25, -0.2) is 4.79 Å².